The van der Waals surface area contributed by atoms with E-state index in [4.69, 9.17) is 5.73 Å². The second-order valence-electron chi connectivity index (χ2n) is 5.28. The zero-order valence-electron chi connectivity index (χ0n) is 12.0. The molecule has 0 fully saturated rings. The largest absolute Gasteiger partial charge is 0.368 e. The number of nitrogens with two attached hydrogens (primary N) is 1. The van der Waals surface area contributed by atoms with Crippen LogP contribution in [0.5, 0.6) is 0 Å². The number of benzene rings is 1. The Kier molecular flexibility index (Phi) is 4.52. The fraction of sp³-hybridized carbons (Fsp3) is 0.533. The van der Waals surface area contributed by atoms with Crippen LogP contribution in [-0.2, 0) is 4.79 Å². The molecule has 1 rings (SSSR count). The van der Waals surface area contributed by atoms with Gasteiger partial charge in [-0.3, -0.25) is 10.1 Å². The number of amides is 1. The highest BCUT2D eigenvalue weighted by Crippen LogP contribution is 2.22. The third-order valence-corrected chi connectivity index (χ3v) is 3.69. The van der Waals surface area contributed by atoms with Crippen molar-refractivity contribution in [2.75, 3.05) is 0 Å². The second-order valence-corrected chi connectivity index (χ2v) is 5.28. The third-order valence-electron chi connectivity index (χ3n) is 3.69. The van der Waals surface area contributed by atoms with Gasteiger partial charge >= 0.3 is 0 Å². The molecule has 1 amide bonds. The summed E-state index contributed by atoms with van der Waals surface area (Å²) in [5, 5.41) is 3.35. The van der Waals surface area contributed by atoms with E-state index in [1.54, 1.807) is 0 Å². The van der Waals surface area contributed by atoms with Crippen LogP contribution in [0.2, 0.25) is 0 Å². The van der Waals surface area contributed by atoms with E-state index in [1.165, 1.54) is 16.7 Å². The van der Waals surface area contributed by atoms with E-state index < -0.39 is 5.54 Å². The summed E-state index contributed by atoms with van der Waals surface area (Å²) in [6.45, 7) is 10.0. The molecule has 0 bridgehead atoms. The Balaban J connectivity index is 2.97. The van der Waals surface area contributed by atoms with E-state index in [2.05, 4.69) is 44.3 Å². The molecule has 0 aliphatic carbocycles. The molecular weight excluding hydrogens is 224 g/mol. The monoisotopic (exact) mass is 248 g/mol. The van der Waals surface area contributed by atoms with Crippen LogP contribution >= 0.6 is 0 Å². The minimum atomic E-state index is -0.657. The van der Waals surface area contributed by atoms with Gasteiger partial charge in [0.05, 0.1) is 5.54 Å². The molecule has 3 nitrogen and oxygen atoms in total. The van der Waals surface area contributed by atoms with Crippen molar-refractivity contribution in [3.8, 4) is 0 Å². The highest BCUT2D eigenvalue weighted by molar-refractivity contribution is 5.84. The van der Waals surface area contributed by atoms with Gasteiger partial charge in [-0.1, -0.05) is 30.7 Å². The van der Waals surface area contributed by atoms with Gasteiger partial charge in [-0.25, -0.2) is 0 Å². The van der Waals surface area contributed by atoms with Gasteiger partial charge in [0.15, 0.2) is 0 Å². The van der Waals surface area contributed by atoms with Crippen LogP contribution in [0.25, 0.3) is 0 Å². The first kappa shape index (κ1) is 14.7. The summed E-state index contributed by atoms with van der Waals surface area (Å²) in [7, 11) is 0. The lowest BCUT2D eigenvalue weighted by Gasteiger charge is -2.31. The van der Waals surface area contributed by atoms with Crippen molar-refractivity contribution < 1.29 is 4.79 Å². The average Bonchev–Trinajstić information content (AvgIpc) is 2.31. The molecule has 0 heterocycles. The maximum Gasteiger partial charge on any atom is 0.237 e. The molecule has 2 unspecified atom stereocenters. The van der Waals surface area contributed by atoms with Crippen molar-refractivity contribution in [3.63, 3.8) is 0 Å². The van der Waals surface area contributed by atoms with E-state index in [-0.39, 0.29) is 11.9 Å². The average molecular weight is 248 g/mol. The maximum atomic E-state index is 11.5. The number of aryl methyl sites for hydroxylation is 2. The number of nitrogens with one attached hydrogen (secondary N) is 1. The summed E-state index contributed by atoms with van der Waals surface area (Å²) in [6.07, 6.45) is 0.678. The smallest absolute Gasteiger partial charge is 0.237 e. The van der Waals surface area contributed by atoms with Crippen molar-refractivity contribution in [1.82, 2.24) is 5.32 Å². The summed E-state index contributed by atoms with van der Waals surface area (Å²) >= 11 is 0. The van der Waals surface area contributed by atoms with Gasteiger partial charge in [0.25, 0.3) is 0 Å². The first-order valence-electron chi connectivity index (χ1n) is 6.45. The molecule has 0 saturated carbocycles. The first-order chi connectivity index (χ1) is 8.30. The molecule has 3 N–H and O–H groups in total. The number of carbonyl (C=O) groups is 1. The van der Waals surface area contributed by atoms with Crippen molar-refractivity contribution in [2.45, 2.75) is 52.6 Å². The molecular formula is C15H24N2O. The predicted molar refractivity (Wildman–Crippen MR) is 75.4 cm³/mol. The molecule has 0 spiro atoms. The topological polar surface area (TPSA) is 55.1 Å². The number of hydrogen-bond acceptors (Lipinski definition) is 2. The van der Waals surface area contributed by atoms with Crippen LogP contribution in [-0.4, -0.2) is 11.4 Å². The van der Waals surface area contributed by atoms with E-state index in [0.29, 0.717) is 6.42 Å². The summed E-state index contributed by atoms with van der Waals surface area (Å²) in [5.74, 6) is -0.304. The second kappa shape index (κ2) is 5.53. The lowest BCUT2D eigenvalue weighted by atomic mass is 9.93. The molecule has 100 valence electrons. The summed E-state index contributed by atoms with van der Waals surface area (Å²) < 4.78 is 0. The molecule has 0 saturated heterocycles. The van der Waals surface area contributed by atoms with Gasteiger partial charge in [0, 0.05) is 6.04 Å². The lowest BCUT2D eigenvalue weighted by molar-refractivity contribution is -0.124. The minimum absolute atomic E-state index is 0.0994. The van der Waals surface area contributed by atoms with Gasteiger partial charge in [-0.2, -0.15) is 0 Å². The number of primary amides is 1. The van der Waals surface area contributed by atoms with Crippen LogP contribution in [0.15, 0.2) is 18.2 Å². The van der Waals surface area contributed by atoms with E-state index in [1.807, 2.05) is 13.8 Å². The van der Waals surface area contributed by atoms with E-state index in [9.17, 15) is 4.79 Å². The summed E-state index contributed by atoms with van der Waals surface area (Å²) in [6, 6.07) is 6.46. The minimum Gasteiger partial charge on any atom is -0.368 e. The van der Waals surface area contributed by atoms with Crippen molar-refractivity contribution in [2.24, 2.45) is 5.73 Å². The Bertz CT molecular complexity index is 442. The Morgan fingerprint density at radius 3 is 2.56 bits per heavy atom. The van der Waals surface area contributed by atoms with Gasteiger partial charge in [0.1, 0.15) is 0 Å². The molecule has 18 heavy (non-hydrogen) atoms. The fourth-order valence-corrected chi connectivity index (χ4v) is 2.13. The molecule has 3 heteroatoms. The Labute approximate surface area is 110 Å². The SMILES string of the molecule is CCC(C)(NC(C)c1cc(C)ccc1C)C(N)=O. The summed E-state index contributed by atoms with van der Waals surface area (Å²) in [5.41, 5.74) is 8.48. The zero-order chi connectivity index (χ0) is 13.9. The van der Waals surface area contributed by atoms with Gasteiger partial charge < -0.3 is 5.73 Å². The Hall–Kier alpha value is -1.35. The quantitative estimate of drug-likeness (QED) is 0.841. The molecule has 0 radical (unpaired) electrons. The zero-order valence-corrected chi connectivity index (χ0v) is 12.0. The van der Waals surface area contributed by atoms with Gasteiger partial charge in [-0.15, -0.1) is 0 Å². The number of carbonyl (C=O) groups excluding carboxylic acids is 1. The van der Waals surface area contributed by atoms with E-state index in [0.717, 1.165) is 0 Å². The van der Waals surface area contributed by atoms with Crippen LogP contribution in [0.4, 0.5) is 0 Å². The highest BCUT2D eigenvalue weighted by Gasteiger charge is 2.30. The maximum absolute atomic E-state index is 11.5. The number of hydrogen-bond donors (Lipinski definition) is 2. The first-order valence-corrected chi connectivity index (χ1v) is 6.45. The van der Waals surface area contributed by atoms with Crippen LogP contribution < -0.4 is 11.1 Å². The molecule has 0 aliphatic rings. The van der Waals surface area contributed by atoms with Crippen LogP contribution in [0, 0.1) is 13.8 Å². The van der Waals surface area contributed by atoms with Crippen LogP contribution in [0.3, 0.4) is 0 Å². The number of rotatable bonds is 5. The Morgan fingerprint density at radius 1 is 1.44 bits per heavy atom. The molecule has 2 atom stereocenters. The van der Waals surface area contributed by atoms with E-state index >= 15 is 0 Å². The van der Waals surface area contributed by atoms with Crippen LogP contribution in [0.1, 0.15) is 49.9 Å². The van der Waals surface area contributed by atoms with Crippen molar-refractivity contribution in [3.05, 3.63) is 34.9 Å². The Morgan fingerprint density at radius 2 is 2.06 bits per heavy atom. The third kappa shape index (κ3) is 3.10. The molecule has 1 aromatic rings. The van der Waals surface area contributed by atoms with Crippen molar-refractivity contribution >= 4 is 5.91 Å². The standard InChI is InChI=1S/C15H24N2O/c1-6-15(5,14(16)18)17-12(4)13-9-10(2)7-8-11(13)3/h7-9,12,17H,6H2,1-5H3,(H2,16,18). The molecule has 0 aromatic heterocycles. The highest BCUT2D eigenvalue weighted by atomic mass is 16.1. The predicted octanol–water partition coefficient (Wildman–Crippen LogP) is 2.61. The van der Waals surface area contributed by atoms with Gasteiger partial charge in [-0.05, 0) is 45.2 Å². The fourth-order valence-electron chi connectivity index (χ4n) is 2.13. The lowest BCUT2D eigenvalue weighted by Crippen LogP contribution is -2.53. The van der Waals surface area contributed by atoms with Crippen molar-refractivity contribution in [1.29, 1.82) is 0 Å². The molecule has 1 aromatic carbocycles. The molecule has 0 aliphatic heterocycles. The summed E-state index contributed by atoms with van der Waals surface area (Å²) in [4.78, 5) is 11.5. The van der Waals surface area contributed by atoms with Gasteiger partial charge in [0.2, 0.25) is 5.91 Å². The normalized spacial score (nSPS) is 16.1.